The van der Waals surface area contributed by atoms with Gasteiger partial charge in [0.15, 0.2) is 0 Å². The minimum absolute atomic E-state index is 0.573. The summed E-state index contributed by atoms with van der Waals surface area (Å²) >= 11 is 0. The van der Waals surface area contributed by atoms with E-state index in [0.29, 0.717) is 12.5 Å². The van der Waals surface area contributed by atoms with E-state index in [2.05, 4.69) is 36.3 Å². The van der Waals surface area contributed by atoms with Crippen molar-refractivity contribution in [3.05, 3.63) is 35.4 Å². The zero-order valence-corrected chi connectivity index (χ0v) is 10.6. The summed E-state index contributed by atoms with van der Waals surface area (Å²) in [5.74, 6) is 0.641. The van der Waals surface area contributed by atoms with Gasteiger partial charge in [-0.1, -0.05) is 54.2 Å². The van der Waals surface area contributed by atoms with Crippen LogP contribution in [0.4, 0.5) is 0 Å². The Hall–Kier alpha value is -1.31. The second-order valence-electron chi connectivity index (χ2n) is 4.91. The van der Waals surface area contributed by atoms with Crippen molar-refractivity contribution in [3.8, 4) is 0 Å². The normalized spacial score (nSPS) is 17.5. The Morgan fingerprint density at radius 1 is 1.18 bits per heavy atom. The van der Waals surface area contributed by atoms with Crippen molar-refractivity contribution in [1.82, 2.24) is 0 Å². The maximum atomic E-state index is 5.33. The summed E-state index contributed by atoms with van der Waals surface area (Å²) in [5.41, 5.74) is 2.45. The van der Waals surface area contributed by atoms with Gasteiger partial charge in [-0.15, -0.1) is 0 Å². The molecule has 2 heteroatoms. The van der Waals surface area contributed by atoms with Gasteiger partial charge in [-0.3, -0.25) is 0 Å². The molecule has 17 heavy (non-hydrogen) atoms. The lowest BCUT2D eigenvalue weighted by atomic mass is 9.90. The first kappa shape index (κ1) is 12.2. The number of hydrogen-bond acceptors (Lipinski definition) is 2. The van der Waals surface area contributed by atoms with Crippen LogP contribution in [-0.2, 0) is 11.4 Å². The molecule has 0 spiro atoms. The van der Waals surface area contributed by atoms with Crippen LogP contribution >= 0.6 is 0 Å². The first-order valence-corrected chi connectivity index (χ1v) is 6.55. The molecule has 0 aliphatic heterocycles. The molecule has 0 aromatic heterocycles. The highest BCUT2D eigenvalue weighted by Gasteiger charge is 2.10. The molecule has 0 N–H and O–H groups in total. The monoisotopic (exact) mass is 231 g/mol. The maximum Gasteiger partial charge on any atom is 0.142 e. The highest BCUT2D eigenvalue weighted by molar-refractivity contribution is 5.59. The van der Waals surface area contributed by atoms with Crippen LogP contribution in [-0.4, -0.2) is 6.21 Å². The number of aryl methyl sites for hydroxylation is 1. The molecule has 0 radical (unpaired) electrons. The standard InChI is InChI=1S/C15H21NO/c1-13-7-9-15(10-8-13)12-17-16-11-14-5-3-2-4-6-14/h7-11,14H,2-6,12H2,1H3. The largest absolute Gasteiger partial charge is 0.391 e. The third kappa shape index (κ3) is 4.22. The van der Waals surface area contributed by atoms with Crippen LogP contribution in [0.2, 0.25) is 0 Å². The van der Waals surface area contributed by atoms with Crippen molar-refractivity contribution in [2.24, 2.45) is 11.1 Å². The van der Waals surface area contributed by atoms with E-state index < -0.39 is 0 Å². The molecule has 0 bridgehead atoms. The molecule has 1 aliphatic carbocycles. The minimum atomic E-state index is 0.573. The van der Waals surface area contributed by atoms with Gasteiger partial charge in [0.05, 0.1) is 0 Å². The number of benzene rings is 1. The lowest BCUT2D eigenvalue weighted by Crippen LogP contribution is -2.07. The molecular formula is C15H21NO. The Balaban J connectivity index is 1.71. The van der Waals surface area contributed by atoms with Gasteiger partial charge in [0.1, 0.15) is 6.61 Å². The summed E-state index contributed by atoms with van der Waals surface area (Å²) in [4.78, 5) is 5.33. The van der Waals surface area contributed by atoms with Gasteiger partial charge >= 0.3 is 0 Å². The molecule has 0 heterocycles. The van der Waals surface area contributed by atoms with Crippen molar-refractivity contribution in [2.75, 3.05) is 0 Å². The summed E-state index contributed by atoms with van der Waals surface area (Å²) in [5, 5.41) is 4.09. The average molecular weight is 231 g/mol. The van der Waals surface area contributed by atoms with Crippen molar-refractivity contribution in [1.29, 1.82) is 0 Å². The third-order valence-corrected chi connectivity index (χ3v) is 3.35. The second-order valence-corrected chi connectivity index (χ2v) is 4.91. The molecule has 1 fully saturated rings. The van der Waals surface area contributed by atoms with Gasteiger partial charge in [0.2, 0.25) is 0 Å². The Morgan fingerprint density at radius 3 is 2.59 bits per heavy atom. The van der Waals surface area contributed by atoms with Crippen molar-refractivity contribution < 1.29 is 4.84 Å². The van der Waals surface area contributed by atoms with Gasteiger partial charge in [0.25, 0.3) is 0 Å². The van der Waals surface area contributed by atoms with Gasteiger partial charge in [0, 0.05) is 6.21 Å². The minimum Gasteiger partial charge on any atom is -0.391 e. The SMILES string of the molecule is Cc1ccc(CON=CC2CCCCC2)cc1. The molecule has 92 valence electrons. The van der Waals surface area contributed by atoms with E-state index in [4.69, 9.17) is 4.84 Å². The smallest absolute Gasteiger partial charge is 0.142 e. The number of nitrogens with zero attached hydrogens (tertiary/aromatic N) is 1. The number of oxime groups is 1. The molecule has 1 aromatic rings. The molecule has 0 saturated heterocycles. The highest BCUT2D eigenvalue weighted by atomic mass is 16.6. The fourth-order valence-corrected chi connectivity index (χ4v) is 2.21. The van der Waals surface area contributed by atoms with Crippen LogP contribution in [0.25, 0.3) is 0 Å². The van der Waals surface area contributed by atoms with Crippen molar-refractivity contribution in [2.45, 2.75) is 45.6 Å². The summed E-state index contributed by atoms with van der Waals surface area (Å²) in [6.45, 7) is 2.66. The van der Waals surface area contributed by atoms with Gasteiger partial charge in [-0.2, -0.15) is 0 Å². The van der Waals surface area contributed by atoms with Crippen LogP contribution in [0, 0.1) is 12.8 Å². The van der Waals surface area contributed by atoms with Crippen LogP contribution in [0.1, 0.15) is 43.2 Å². The summed E-state index contributed by atoms with van der Waals surface area (Å²) < 4.78 is 0. The fourth-order valence-electron chi connectivity index (χ4n) is 2.21. The molecule has 2 rings (SSSR count). The van der Waals surface area contributed by atoms with E-state index >= 15 is 0 Å². The molecule has 1 saturated carbocycles. The lowest BCUT2D eigenvalue weighted by Gasteiger charge is -2.16. The van der Waals surface area contributed by atoms with Gasteiger partial charge in [-0.05, 0) is 31.2 Å². The van der Waals surface area contributed by atoms with Crippen molar-refractivity contribution >= 4 is 6.21 Å². The van der Waals surface area contributed by atoms with Crippen molar-refractivity contribution in [3.63, 3.8) is 0 Å². The quantitative estimate of drug-likeness (QED) is 0.565. The summed E-state index contributed by atoms with van der Waals surface area (Å²) in [6.07, 6.45) is 8.61. The average Bonchev–Trinajstić information content (AvgIpc) is 2.38. The number of hydrogen-bond donors (Lipinski definition) is 0. The zero-order valence-electron chi connectivity index (χ0n) is 10.6. The van der Waals surface area contributed by atoms with Crippen LogP contribution in [0.15, 0.2) is 29.4 Å². The zero-order chi connectivity index (χ0) is 11.9. The van der Waals surface area contributed by atoms with E-state index in [-0.39, 0.29) is 0 Å². The summed E-state index contributed by atoms with van der Waals surface area (Å²) in [6, 6.07) is 8.38. The molecule has 1 aliphatic rings. The lowest BCUT2D eigenvalue weighted by molar-refractivity contribution is 0.130. The Bertz CT molecular complexity index is 350. The molecule has 0 amide bonds. The predicted octanol–water partition coefficient (Wildman–Crippen LogP) is 4.08. The summed E-state index contributed by atoms with van der Waals surface area (Å²) in [7, 11) is 0. The Kier molecular flexibility index (Phi) is 4.60. The van der Waals surface area contributed by atoms with E-state index in [9.17, 15) is 0 Å². The molecule has 0 unspecified atom stereocenters. The van der Waals surface area contributed by atoms with E-state index in [0.717, 1.165) is 0 Å². The maximum absolute atomic E-state index is 5.33. The molecular weight excluding hydrogens is 210 g/mol. The topological polar surface area (TPSA) is 21.6 Å². The van der Waals surface area contributed by atoms with E-state index in [1.165, 1.54) is 43.2 Å². The van der Waals surface area contributed by atoms with E-state index in [1.54, 1.807) is 0 Å². The first-order chi connectivity index (χ1) is 8.34. The van der Waals surface area contributed by atoms with Crippen LogP contribution in [0.3, 0.4) is 0 Å². The van der Waals surface area contributed by atoms with E-state index in [1.807, 2.05) is 6.21 Å². The second kappa shape index (κ2) is 6.43. The van der Waals surface area contributed by atoms with Crippen LogP contribution < -0.4 is 0 Å². The fraction of sp³-hybridized carbons (Fsp3) is 0.533. The predicted molar refractivity (Wildman–Crippen MR) is 71.0 cm³/mol. The molecule has 1 aromatic carbocycles. The van der Waals surface area contributed by atoms with Gasteiger partial charge in [-0.25, -0.2) is 0 Å². The number of rotatable bonds is 4. The Labute approximate surface area is 104 Å². The highest BCUT2D eigenvalue weighted by Crippen LogP contribution is 2.21. The third-order valence-electron chi connectivity index (χ3n) is 3.35. The first-order valence-electron chi connectivity index (χ1n) is 6.55. The van der Waals surface area contributed by atoms with Crippen LogP contribution in [0.5, 0.6) is 0 Å². The molecule has 2 nitrogen and oxygen atoms in total. The van der Waals surface area contributed by atoms with Gasteiger partial charge < -0.3 is 4.84 Å². The molecule has 0 atom stereocenters. The Morgan fingerprint density at radius 2 is 1.88 bits per heavy atom.